The van der Waals surface area contributed by atoms with Crippen LogP contribution >= 0.6 is 0 Å². The molecule has 5 nitrogen and oxygen atoms in total. The zero-order chi connectivity index (χ0) is 14.5. The van der Waals surface area contributed by atoms with E-state index in [1.165, 1.54) is 0 Å². The molecule has 0 saturated heterocycles. The Morgan fingerprint density at radius 2 is 2.05 bits per heavy atom. The fourth-order valence-electron chi connectivity index (χ4n) is 1.94. The van der Waals surface area contributed by atoms with Gasteiger partial charge in [-0.1, -0.05) is 30.3 Å². The quantitative estimate of drug-likeness (QED) is 0.930. The van der Waals surface area contributed by atoms with Crippen molar-refractivity contribution in [3.63, 3.8) is 0 Å². The van der Waals surface area contributed by atoms with Gasteiger partial charge in [-0.15, -0.1) is 0 Å². The van der Waals surface area contributed by atoms with Crippen LogP contribution in [0.1, 0.15) is 18.2 Å². The van der Waals surface area contributed by atoms with E-state index >= 15 is 0 Å². The highest BCUT2D eigenvalue weighted by Crippen LogP contribution is 2.10. The Bertz CT molecular complexity index is 557. The van der Waals surface area contributed by atoms with Crippen molar-refractivity contribution in [1.29, 1.82) is 0 Å². The first-order valence-electron chi connectivity index (χ1n) is 6.70. The fourth-order valence-corrected chi connectivity index (χ4v) is 1.94. The average molecular weight is 272 g/mol. The number of aryl methyl sites for hydroxylation is 2. The highest BCUT2D eigenvalue weighted by molar-refractivity contribution is 5.88. The Labute approximate surface area is 119 Å². The molecule has 0 spiro atoms. The second kappa shape index (κ2) is 6.23. The van der Waals surface area contributed by atoms with Gasteiger partial charge in [-0.25, -0.2) is 4.79 Å². The van der Waals surface area contributed by atoms with E-state index in [0.29, 0.717) is 18.9 Å². The number of hydrogen-bond acceptors (Lipinski definition) is 2. The molecule has 1 heterocycles. The molecule has 0 aliphatic heterocycles. The summed E-state index contributed by atoms with van der Waals surface area (Å²) < 4.78 is 1.74. The first-order chi connectivity index (χ1) is 9.60. The molecule has 5 heteroatoms. The SMILES string of the molecule is CCN(Cc1ccccc1)C(=O)Nc1cc(C)n(C)n1. The predicted octanol–water partition coefficient (Wildman–Crippen LogP) is 2.78. The summed E-state index contributed by atoms with van der Waals surface area (Å²) in [5.74, 6) is 0.585. The highest BCUT2D eigenvalue weighted by Gasteiger charge is 2.13. The molecule has 0 unspecified atom stereocenters. The number of benzene rings is 1. The largest absolute Gasteiger partial charge is 0.323 e. The van der Waals surface area contributed by atoms with E-state index in [0.717, 1.165) is 11.3 Å². The van der Waals surface area contributed by atoms with Gasteiger partial charge in [0.15, 0.2) is 5.82 Å². The maximum Gasteiger partial charge on any atom is 0.323 e. The number of nitrogens with one attached hydrogen (secondary N) is 1. The summed E-state index contributed by atoms with van der Waals surface area (Å²) in [5, 5.41) is 7.06. The smallest absolute Gasteiger partial charge is 0.320 e. The lowest BCUT2D eigenvalue weighted by Gasteiger charge is -2.20. The van der Waals surface area contributed by atoms with Crippen LogP contribution in [-0.4, -0.2) is 27.3 Å². The van der Waals surface area contributed by atoms with E-state index in [1.54, 1.807) is 9.58 Å². The molecule has 0 aliphatic carbocycles. The van der Waals surface area contributed by atoms with Gasteiger partial charge in [0.05, 0.1) is 0 Å². The summed E-state index contributed by atoms with van der Waals surface area (Å²) in [6.07, 6.45) is 0. The van der Waals surface area contributed by atoms with Crippen molar-refractivity contribution in [3.8, 4) is 0 Å². The molecule has 1 aromatic carbocycles. The van der Waals surface area contributed by atoms with Crippen LogP contribution in [0, 0.1) is 6.92 Å². The average Bonchev–Trinajstić information content (AvgIpc) is 2.75. The number of nitrogens with zero attached hydrogens (tertiary/aromatic N) is 3. The second-order valence-electron chi connectivity index (χ2n) is 4.72. The molecule has 0 saturated carbocycles. The first kappa shape index (κ1) is 14.1. The van der Waals surface area contributed by atoms with Gasteiger partial charge in [0.1, 0.15) is 0 Å². The number of carbonyl (C=O) groups is 1. The van der Waals surface area contributed by atoms with Gasteiger partial charge in [-0.05, 0) is 19.4 Å². The summed E-state index contributed by atoms with van der Waals surface area (Å²) in [4.78, 5) is 14.0. The van der Waals surface area contributed by atoms with Crippen molar-refractivity contribution in [1.82, 2.24) is 14.7 Å². The molecule has 0 bridgehead atoms. The molecule has 2 rings (SSSR count). The molecular formula is C15H20N4O. The first-order valence-corrected chi connectivity index (χ1v) is 6.70. The van der Waals surface area contributed by atoms with Crippen LogP contribution in [0.2, 0.25) is 0 Å². The number of aromatic nitrogens is 2. The number of amides is 2. The lowest BCUT2D eigenvalue weighted by molar-refractivity contribution is 0.212. The normalized spacial score (nSPS) is 10.3. The van der Waals surface area contributed by atoms with Crippen LogP contribution in [-0.2, 0) is 13.6 Å². The van der Waals surface area contributed by atoms with Gasteiger partial charge < -0.3 is 4.90 Å². The van der Waals surface area contributed by atoms with E-state index in [1.807, 2.05) is 57.3 Å². The molecule has 0 fully saturated rings. The molecule has 2 aromatic rings. The number of anilines is 1. The topological polar surface area (TPSA) is 50.2 Å². The van der Waals surface area contributed by atoms with Gasteiger partial charge in [-0.3, -0.25) is 10.00 Å². The third kappa shape index (κ3) is 3.38. The van der Waals surface area contributed by atoms with Crippen molar-refractivity contribution < 1.29 is 4.79 Å². The Kier molecular flexibility index (Phi) is 4.40. The van der Waals surface area contributed by atoms with Crippen LogP contribution < -0.4 is 5.32 Å². The van der Waals surface area contributed by atoms with Crippen LogP contribution in [0.3, 0.4) is 0 Å². The number of carbonyl (C=O) groups excluding carboxylic acids is 1. The van der Waals surface area contributed by atoms with Gasteiger partial charge in [0.25, 0.3) is 0 Å². The van der Waals surface area contributed by atoms with E-state index in [2.05, 4.69) is 10.4 Å². The molecule has 20 heavy (non-hydrogen) atoms. The van der Waals surface area contributed by atoms with Gasteiger partial charge in [0.2, 0.25) is 0 Å². The van der Waals surface area contributed by atoms with Crippen molar-refractivity contribution in [2.75, 3.05) is 11.9 Å². The summed E-state index contributed by atoms with van der Waals surface area (Å²) >= 11 is 0. The standard InChI is InChI=1S/C15H20N4O/c1-4-19(11-13-8-6-5-7-9-13)15(20)16-14-10-12(2)18(3)17-14/h5-10H,4,11H2,1-3H3,(H,16,17,20). The number of urea groups is 1. The van der Waals surface area contributed by atoms with E-state index in [9.17, 15) is 4.79 Å². The van der Waals surface area contributed by atoms with Gasteiger partial charge in [0, 0.05) is 31.9 Å². The van der Waals surface area contributed by atoms with Crippen molar-refractivity contribution >= 4 is 11.8 Å². The summed E-state index contributed by atoms with van der Waals surface area (Å²) in [6, 6.07) is 11.7. The van der Waals surface area contributed by atoms with Crippen LogP contribution in [0.25, 0.3) is 0 Å². The molecule has 2 amide bonds. The van der Waals surface area contributed by atoms with Crippen molar-refractivity contribution in [2.45, 2.75) is 20.4 Å². The van der Waals surface area contributed by atoms with Crippen molar-refractivity contribution in [3.05, 3.63) is 47.7 Å². The van der Waals surface area contributed by atoms with Gasteiger partial charge >= 0.3 is 6.03 Å². The monoisotopic (exact) mass is 272 g/mol. The predicted molar refractivity (Wildman–Crippen MR) is 79.5 cm³/mol. The Balaban J connectivity index is 2.02. The summed E-state index contributed by atoms with van der Waals surface area (Å²) in [7, 11) is 1.85. The van der Waals surface area contributed by atoms with Crippen molar-refractivity contribution in [2.24, 2.45) is 7.05 Å². The third-order valence-corrected chi connectivity index (χ3v) is 3.23. The molecule has 106 valence electrons. The van der Waals surface area contributed by atoms with Gasteiger partial charge in [-0.2, -0.15) is 5.10 Å². The van der Waals surface area contributed by atoms with Crippen LogP contribution in [0.5, 0.6) is 0 Å². The maximum absolute atomic E-state index is 12.2. The highest BCUT2D eigenvalue weighted by atomic mass is 16.2. The Morgan fingerprint density at radius 3 is 2.60 bits per heavy atom. The van der Waals surface area contributed by atoms with E-state index < -0.39 is 0 Å². The molecule has 1 N–H and O–H groups in total. The third-order valence-electron chi connectivity index (χ3n) is 3.23. The fraction of sp³-hybridized carbons (Fsp3) is 0.333. The van der Waals surface area contributed by atoms with Crippen LogP contribution in [0.4, 0.5) is 10.6 Å². The maximum atomic E-state index is 12.2. The zero-order valence-corrected chi connectivity index (χ0v) is 12.1. The minimum atomic E-state index is -0.130. The lowest BCUT2D eigenvalue weighted by Crippen LogP contribution is -2.34. The molecule has 0 radical (unpaired) electrons. The minimum absolute atomic E-state index is 0.130. The molecule has 0 atom stereocenters. The van der Waals surface area contributed by atoms with E-state index in [-0.39, 0.29) is 6.03 Å². The molecule has 0 aliphatic rings. The lowest BCUT2D eigenvalue weighted by atomic mass is 10.2. The minimum Gasteiger partial charge on any atom is -0.320 e. The summed E-state index contributed by atoms with van der Waals surface area (Å²) in [5.41, 5.74) is 2.12. The number of hydrogen-bond donors (Lipinski definition) is 1. The second-order valence-corrected chi connectivity index (χ2v) is 4.72. The summed E-state index contributed by atoms with van der Waals surface area (Å²) in [6.45, 7) is 5.15. The van der Waals surface area contributed by atoms with Crippen LogP contribution in [0.15, 0.2) is 36.4 Å². The Hall–Kier alpha value is -2.30. The number of rotatable bonds is 4. The zero-order valence-electron chi connectivity index (χ0n) is 12.1. The van der Waals surface area contributed by atoms with E-state index in [4.69, 9.17) is 0 Å². The molecule has 1 aromatic heterocycles. The Morgan fingerprint density at radius 1 is 1.35 bits per heavy atom. The molecular weight excluding hydrogens is 252 g/mol.